The van der Waals surface area contributed by atoms with E-state index in [0.29, 0.717) is 27.1 Å². The number of ether oxygens (including phenoxy) is 2. The molecule has 0 spiro atoms. The average molecular weight is 645 g/mol. The van der Waals surface area contributed by atoms with Crippen LogP contribution in [-0.2, 0) is 14.4 Å². The third kappa shape index (κ3) is 4.86. The Bertz CT molecular complexity index is 1530. The number of nitrogens with one attached hydrogen (secondary N) is 1. The van der Waals surface area contributed by atoms with E-state index in [-0.39, 0.29) is 29.2 Å². The van der Waals surface area contributed by atoms with E-state index in [2.05, 4.69) is 20.9 Å². The van der Waals surface area contributed by atoms with E-state index in [0.717, 1.165) is 53.7 Å². The van der Waals surface area contributed by atoms with Gasteiger partial charge in [-0.1, -0.05) is 45.1 Å². The van der Waals surface area contributed by atoms with Gasteiger partial charge in [-0.05, 0) is 61.2 Å². The molecule has 40 heavy (non-hydrogen) atoms. The van der Waals surface area contributed by atoms with Crippen molar-refractivity contribution in [3.8, 4) is 11.5 Å². The van der Waals surface area contributed by atoms with Gasteiger partial charge in [0.1, 0.15) is 5.25 Å². The zero-order chi connectivity index (χ0) is 28.0. The van der Waals surface area contributed by atoms with Gasteiger partial charge in [0.05, 0.1) is 23.7 Å². The lowest BCUT2D eigenvalue weighted by Crippen LogP contribution is -2.38. The molecule has 2 saturated heterocycles. The van der Waals surface area contributed by atoms with Crippen LogP contribution >= 0.6 is 39.0 Å². The van der Waals surface area contributed by atoms with Crippen molar-refractivity contribution in [2.24, 2.45) is 5.92 Å². The number of methoxy groups -OCH3 is 1. The predicted molar refractivity (Wildman–Crippen MR) is 155 cm³/mol. The van der Waals surface area contributed by atoms with Crippen molar-refractivity contribution in [1.29, 1.82) is 0 Å². The molecule has 3 aromatic rings. The van der Waals surface area contributed by atoms with Gasteiger partial charge in [0, 0.05) is 28.4 Å². The minimum Gasteiger partial charge on any atom is -0.493 e. The summed E-state index contributed by atoms with van der Waals surface area (Å²) in [5.74, 6) is -1.13. The van der Waals surface area contributed by atoms with Gasteiger partial charge in [-0.3, -0.25) is 19.2 Å². The second kappa shape index (κ2) is 11.1. The summed E-state index contributed by atoms with van der Waals surface area (Å²) >= 11 is 5.68. The van der Waals surface area contributed by atoms with Crippen molar-refractivity contribution in [3.05, 3.63) is 67.0 Å². The number of benzene rings is 2. The number of amides is 3. The van der Waals surface area contributed by atoms with E-state index < -0.39 is 17.1 Å². The first-order valence-electron chi connectivity index (χ1n) is 13.0. The number of likely N-dealkylation sites (tertiary alicyclic amines) is 1. The van der Waals surface area contributed by atoms with Crippen molar-refractivity contribution < 1.29 is 23.9 Å². The topological polar surface area (TPSA) is 109 Å². The average Bonchev–Trinajstić information content (AvgIpc) is 3.46. The molecule has 0 saturated carbocycles. The Kier molecular flexibility index (Phi) is 7.49. The van der Waals surface area contributed by atoms with E-state index in [1.165, 1.54) is 23.8 Å². The van der Waals surface area contributed by atoms with Crippen LogP contribution in [-0.4, -0.2) is 59.7 Å². The number of rotatable bonds is 6. The highest BCUT2D eigenvalue weighted by molar-refractivity contribution is 9.10. The van der Waals surface area contributed by atoms with Crippen LogP contribution in [0.15, 0.2) is 56.8 Å². The number of anilines is 1. The normalized spacial score (nSPS) is 22.2. The summed E-state index contributed by atoms with van der Waals surface area (Å²) < 4.78 is 12.3. The van der Waals surface area contributed by atoms with Crippen LogP contribution in [0.4, 0.5) is 5.69 Å². The molecular weight excluding hydrogens is 618 g/mol. The molecule has 2 aromatic carbocycles. The van der Waals surface area contributed by atoms with E-state index in [9.17, 15) is 19.2 Å². The Balaban J connectivity index is 1.32. The Hall–Kier alpha value is -3.09. The zero-order valence-electron chi connectivity index (χ0n) is 21.6. The second-order valence-corrected chi connectivity index (χ2v) is 13.0. The fourth-order valence-electron chi connectivity index (χ4n) is 5.59. The molecule has 3 aliphatic heterocycles. The number of hydrogen-bond donors (Lipinski definition) is 1. The molecule has 3 atom stereocenters. The van der Waals surface area contributed by atoms with Gasteiger partial charge in [0.15, 0.2) is 18.1 Å². The van der Waals surface area contributed by atoms with Crippen molar-refractivity contribution in [3.63, 3.8) is 0 Å². The summed E-state index contributed by atoms with van der Waals surface area (Å²) in [6, 6.07) is 12.3. The lowest BCUT2D eigenvalue weighted by atomic mass is 9.83. The number of imide groups is 1. The zero-order valence-corrected chi connectivity index (χ0v) is 24.8. The summed E-state index contributed by atoms with van der Waals surface area (Å²) in [6.07, 6.45) is 3.13. The highest BCUT2D eigenvalue weighted by atomic mass is 79.9. The molecule has 0 radical (unpaired) electrons. The number of carbonyl (C=O) groups excluding carboxylic acids is 3. The summed E-state index contributed by atoms with van der Waals surface area (Å²) in [5, 5.41) is -0.0885. The van der Waals surface area contributed by atoms with E-state index in [1.54, 1.807) is 36.4 Å². The van der Waals surface area contributed by atoms with Crippen molar-refractivity contribution in [2.75, 3.05) is 31.7 Å². The van der Waals surface area contributed by atoms with Crippen LogP contribution in [0.1, 0.15) is 35.6 Å². The van der Waals surface area contributed by atoms with Crippen molar-refractivity contribution in [2.45, 2.75) is 35.5 Å². The SMILES string of the molecule is COc1cc([C@H]2c3sc(=O)[nH]c3SC3C(=O)N(c4ccc(Br)cc4)C(=O)C32)ccc1OCC(=O)N1CCCCC1. The molecule has 2 fully saturated rings. The Morgan fingerprint density at radius 2 is 1.77 bits per heavy atom. The van der Waals surface area contributed by atoms with Gasteiger partial charge >= 0.3 is 4.87 Å². The standard InChI is InChI=1S/C28H26BrN3O6S2/c1-37-19-13-15(5-10-18(19)38-14-20(33)31-11-3-2-4-12-31)21-22-24(39-25-23(21)40-28(36)30-25)27(35)32(26(22)34)17-8-6-16(29)7-9-17/h5-10,13,21-22,24H,2-4,11-12,14H2,1H3,(H,30,36)/t21-,22?,24?/m1/s1. The predicted octanol–water partition coefficient (Wildman–Crippen LogP) is 4.39. The number of carbonyl (C=O) groups is 3. The number of aromatic amines is 1. The van der Waals surface area contributed by atoms with Gasteiger partial charge in [-0.15, -0.1) is 0 Å². The van der Waals surface area contributed by atoms with Crippen LogP contribution in [0.2, 0.25) is 0 Å². The van der Waals surface area contributed by atoms with Crippen LogP contribution in [0.5, 0.6) is 11.5 Å². The molecule has 0 aliphatic carbocycles. The van der Waals surface area contributed by atoms with Crippen LogP contribution in [0.25, 0.3) is 0 Å². The highest BCUT2D eigenvalue weighted by Crippen LogP contribution is 2.53. The summed E-state index contributed by atoms with van der Waals surface area (Å²) in [6.45, 7) is 1.39. The fraction of sp³-hybridized carbons (Fsp3) is 0.357. The van der Waals surface area contributed by atoms with Gasteiger partial charge in [0.25, 0.3) is 5.91 Å². The second-order valence-electron chi connectivity index (χ2n) is 9.88. The number of halogens is 1. The molecule has 3 amide bonds. The maximum absolute atomic E-state index is 13.9. The maximum atomic E-state index is 13.9. The summed E-state index contributed by atoms with van der Waals surface area (Å²) in [7, 11) is 1.51. The summed E-state index contributed by atoms with van der Waals surface area (Å²) in [4.78, 5) is 58.9. The molecule has 9 nitrogen and oxygen atoms in total. The van der Waals surface area contributed by atoms with Crippen LogP contribution in [0, 0.1) is 5.92 Å². The van der Waals surface area contributed by atoms with Crippen molar-refractivity contribution >= 4 is 62.4 Å². The maximum Gasteiger partial charge on any atom is 0.305 e. The molecule has 6 rings (SSSR count). The first kappa shape index (κ1) is 27.1. The number of piperidine rings is 1. The molecule has 2 unspecified atom stereocenters. The first-order chi connectivity index (χ1) is 19.4. The van der Waals surface area contributed by atoms with Crippen LogP contribution in [0.3, 0.4) is 0 Å². The first-order valence-corrected chi connectivity index (χ1v) is 15.5. The minimum absolute atomic E-state index is 0.0668. The molecular formula is C28H26BrN3O6S2. The van der Waals surface area contributed by atoms with Crippen molar-refractivity contribution in [1.82, 2.24) is 9.88 Å². The molecule has 3 aliphatic rings. The van der Waals surface area contributed by atoms with Gasteiger partial charge < -0.3 is 19.4 Å². The van der Waals surface area contributed by atoms with Gasteiger partial charge in [0.2, 0.25) is 11.8 Å². The van der Waals surface area contributed by atoms with E-state index >= 15 is 0 Å². The minimum atomic E-state index is -0.711. The largest absolute Gasteiger partial charge is 0.493 e. The van der Waals surface area contributed by atoms with Gasteiger partial charge in [-0.2, -0.15) is 0 Å². The molecule has 0 bridgehead atoms. The lowest BCUT2D eigenvalue weighted by molar-refractivity contribution is -0.134. The van der Waals surface area contributed by atoms with Crippen LogP contribution < -0.4 is 19.2 Å². The molecule has 1 N–H and O–H groups in total. The Labute approximate surface area is 247 Å². The molecule has 1 aromatic heterocycles. The third-order valence-corrected chi connectivity index (χ3v) is 10.4. The third-order valence-electron chi connectivity index (χ3n) is 7.52. The summed E-state index contributed by atoms with van der Waals surface area (Å²) in [5.41, 5.74) is 1.22. The number of thioether (sulfide) groups is 1. The molecule has 4 heterocycles. The quantitative estimate of drug-likeness (QED) is 0.397. The van der Waals surface area contributed by atoms with E-state index in [1.807, 2.05) is 11.0 Å². The Morgan fingerprint density at radius 3 is 2.50 bits per heavy atom. The fourth-order valence-corrected chi connectivity index (χ4v) is 8.37. The molecule has 208 valence electrons. The number of hydrogen-bond acceptors (Lipinski definition) is 8. The number of fused-ring (bicyclic) bond motifs is 2. The Morgan fingerprint density at radius 1 is 1.02 bits per heavy atom. The van der Waals surface area contributed by atoms with E-state index in [4.69, 9.17) is 9.47 Å². The smallest absolute Gasteiger partial charge is 0.305 e. The van der Waals surface area contributed by atoms with Gasteiger partial charge in [-0.25, -0.2) is 4.90 Å². The lowest BCUT2D eigenvalue weighted by Gasteiger charge is -2.30. The molecule has 12 heteroatoms. The highest BCUT2D eigenvalue weighted by Gasteiger charge is 2.56. The number of nitrogens with zero attached hydrogens (tertiary/aromatic N) is 2. The number of aromatic nitrogens is 1. The monoisotopic (exact) mass is 643 g/mol. The number of H-pyrrole nitrogens is 1. The number of thiazole rings is 1.